The molecule has 1 saturated carbocycles. The zero-order valence-electron chi connectivity index (χ0n) is 15.2. The molecule has 0 unspecified atom stereocenters. The highest BCUT2D eigenvalue weighted by Crippen LogP contribution is 2.38. The van der Waals surface area contributed by atoms with Crippen LogP contribution < -0.4 is 20.5 Å². The van der Waals surface area contributed by atoms with Crippen molar-refractivity contribution in [3.63, 3.8) is 0 Å². The molecule has 8 heteroatoms. The Bertz CT molecular complexity index is 783. The lowest BCUT2D eigenvalue weighted by Gasteiger charge is -2.34. The summed E-state index contributed by atoms with van der Waals surface area (Å²) in [6.45, 7) is 3.69. The number of aromatic nitrogens is 2. The van der Waals surface area contributed by atoms with Gasteiger partial charge in [0.05, 0.1) is 12.6 Å². The molecule has 1 amide bonds. The molecule has 3 N–H and O–H groups in total. The van der Waals surface area contributed by atoms with Gasteiger partial charge in [0.2, 0.25) is 0 Å². The van der Waals surface area contributed by atoms with Crippen molar-refractivity contribution in [2.24, 2.45) is 5.73 Å². The summed E-state index contributed by atoms with van der Waals surface area (Å²) in [5.41, 5.74) is 6.45. The Morgan fingerprint density at radius 3 is 2.77 bits per heavy atom. The molecule has 0 saturated heterocycles. The van der Waals surface area contributed by atoms with Crippen LogP contribution in [0, 0.1) is 0 Å². The maximum absolute atomic E-state index is 11.7. The molecule has 2 aromatic rings. The van der Waals surface area contributed by atoms with Crippen LogP contribution in [0.3, 0.4) is 0 Å². The highest BCUT2D eigenvalue weighted by atomic mass is 16.5. The molecule has 140 valence electrons. The molecule has 26 heavy (non-hydrogen) atoms. The average Bonchev–Trinajstić information content (AvgIpc) is 3.07. The van der Waals surface area contributed by atoms with Crippen LogP contribution in [-0.2, 0) is 10.3 Å². The molecular weight excluding hydrogens is 336 g/mol. The maximum Gasteiger partial charge on any atom is 0.258 e. The molecule has 1 aliphatic rings. The van der Waals surface area contributed by atoms with Crippen LogP contribution in [-0.4, -0.2) is 35.8 Å². The topological polar surface area (TPSA) is 112 Å². The number of carbonyl (C=O) groups is 1. The van der Waals surface area contributed by atoms with Gasteiger partial charge in [-0.05, 0) is 51.3 Å². The third kappa shape index (κ3) is 3.80. The number of ether oxygens (including phenoxy) is 2. The van der Waals surface area contributed by atoms with Crippen LogP contribution in [0.15, 0.2) is 22.7 Å². The molecular formula is C18H24N4O4. The van der Waals surface area contributed by atoms with Crippen LogP contribution in [0.2, 0.25) is 0 Å². The summed E-state index contributed by atoms with van der Waals surface area (Å²) in [5.74, 6) is 1.65. The van der Waals surface area contributed by atoms with Crippen LogP contribution >= 0.6 is 0 Å². The normalized spacial score (nSPS) is 15.4. The van der Waals surface area contributed by atoms with Crippen LogP contribution in [0.5, 0.6) is 11.5 Å². The van der Waals surface area contributed by atoms with E-state index in [0.717, 1.165) is 19.3 Å². The van der Waals surface area contributed by atoms with E-state index in [1.165, 1.54) is 7.11 Å². The zero-order chi connectivity index (χ0) is 18.7. The Balaban J connectivity index is 1.73. The Kier molecular flexibility index (Phi) is 5.13. The van der Waals surface area contributed by atoms with E-state index in [1.807, 2.05) is 13.8 Å². The Morgan fingerprint density at radius 1 is 1.38 bits per heavy atom. The van der Waals surface area contributed by atoms with Gasteiger partial charge in [-0.3, -0.25) is 4.79 Å². The molecule has 0 spiro atoms. The van der Waals surface area contributed by atoms with Gasteiger partial charge < -0.3 is 25.0 Å². The first-order valence-electron chi connectivity index (χ1n) is 8.65. The molecule has 0 radical (unpaired) electrons. The van der Waals surface area contributed by atoms with E-state index in [-0.39, 0.29) is 18.6 Å². The third-order valence-corrected chi connectivity index (χ3v) is 4.34. The number of nitrogens with two attached hydrogens (primary N) is 1. The number of nitrogens with one attached hydrogen (secondary N) is 1. The first-order chi connectivity index (χ1) is 12.4. The predicted molar refractivity (Wildman–Crippen MR) is 94.8 cm³/mol. The van der Waals surface area contributed by atoms with Crippen molar-refractivity contribution in [2.75, 3.05) is 13.7 Å². The summed E-state index contributed by atoms with van der Waals surface area (Å²) in [4.78, 5) is 16.1. The summed E-state index contributed by atoms with van der Waals surface area (Å²) >= 11 is 0. The fourth-order valence-corrected chi connectivity index (χ4v) is 2.75. The van der Waals surface area contributed by atoms with Gasteiger partial charge >= 0.3 is 0 Å². The molecule has 8 nitrogen and oxygen atoms in total. The van der Waals surface area contributed by atoms with Gasteiger partial charge in [-0.15, -0.1) is 0 Å². The Labute approximate surface area is 152 Å². The van der Waals surface area contributed by atoms with E-state index in [4.69, 9.17) is 19.7 Å². The van der Waals surface area contributed by atoms with Crippen molar-refractivity contribution in [3.8, 4) is 23.0 Å². The quantitative estimate of drug-likeness (QED) is 0.776. The minimum absolute atomic E-state index is 0.0589. The number of carbonyl (C=O) groups excluding carboxylic acids is 1. The van der Waals surface area contributed by atoms with Gasteiger partial charge in [0.15, 0.2) is 23.9 Å². The monoisotopic (exact) mass is 360 g/mol. The number of amides is 1. The first-order valence-corrected chi connectivity index (χ1v) is 8.65. The van der Waals surface area contributed by atoms with Crippen molar-refractivity contribution in [1.82, 2.24) is 15.5 Å². The minimum Gasteiger partial charge on any atom is -0.493 e. The summed E-state index contributed by atoms with van der Waals surface area (Å²) < 4.78 is 16.3. The molecule has 1 fully saturated rings. The summed E-state index contributed by atoms with van der Waals surface area (Å²) in [6, 6.07) is 5.28. The van der Waals surface area contributed by atoms with Crippen molar-refractivity contribution in [3.05, 3.63) is 24.0 Å². The van der Waals surface area contributed by atoms with Gasteiger partial charge in [0.25, 0.3) is 11.8 Å². The molecule has 3 rings (SSSR count). The maximum atomic E-state index is 11.7. The zero-order valence-corrected chi connectivity index (χ0v) is 15.2. The number of rotatable bonds is 7. The van der Waals surface area contributed by atoms with Crippen LogP contribution in [0.25, 0.3) is 11.5 Å². The standard InChI is InChI=1S/C18H24N4O4/c1-11(2)20-15(23)10-25-13-6-5-12(9-14(13)24-3)16-21-17(22-26-16)18(19)7-4-8-18/h5-6,9,11H,4,7-8,10,19H2,1-3H3,(H,20,23). The van der Waals surface area contributed by atoms with E-state index in [9.17, 15) is 4.79 Å². The van der Waals surface area contributed by atoms with Gasteiger partial charge in [-0.2, -0.15) is 4.98 Å². The Morgan fingerprint density at radius 2 is 2.15 bits per heavy atom. The average molecular weight is 360 g/mol. The number of benzene rings is 1. The second-order valence-electron chi connectivity index (χ2n) is 6.81. The smallest absolute Gasteiger partial charge is 0.258 e. The number of methoxy groups -OCH3 is 1. The second-order valence-corrected chi connectivity index (χ2v) is 6.81. The first kappa shape index (κ1) is 18.2. The van der Waals surface area contributed by atoms with Crippen molar-refractivity contribution < 1.29 is 18.8 Å². The van der Waals surface area contributed by atoms with Crippen LogP contribution in [0.4, 0.5) is 0 Å². The fourth-order valence-electron chi connectivity index (χ4n) is 2.75. The summed E-state index contributed by atoms with van der Waals surface area (Å²) in [6.07, 6.45) is 2.80. The summed E-state index contributed by atoms with van der Waals surface area (Å²) in [5, 5.41) is 6.78. The number of hydrogen-bond donors (Lipinski definition) is 2. The minimum atomic E-state index is -0.474. The number of nitrogens with zero attached hydrogens (tertiary/aromatic N) is 2. The lowest BCUT2D eigenvalue weighted by molar-refractivity contribution is -0.123. The largest absolute Gasteiger partial charge is 0.493 e. The van der Waals surface area contributed by atoms with Crippen molar-refractivity contribution >= 4 is 5.91 Å². The van der Waals surface area contributed by atoms with Gasteiger partial charge in [0, 0.05) is 11.6 Å². The Hall–Kier alpha value is -2.61. The SMILES string of the molecule is COc1cc(-c2nc(C3(N)CCC3)no2)ccc1OCC(=O)NC(C)C. The van der Waals surface area contributed by atoms with E-state index >= 15 is 0 Å². The van der Waals surface area contributed by atoms with Crippen molar-refractivity contribution in [1.29, 1.82) is 0 Å². The van der Waals surface area contributed by atoms with E-state index in [0.29, 0.717) is 28.8 Å². The highest BCUT2D eigenvalue weighted by molar-refractivity contribution is 5.77. The van der Waals surface area contributed by atoms with Gasteiger partial charge in [-0.1, -0.05) is 5.16 Å². The van der Waals surface area contributed by atoms with E-state index in [2.05, 4.69) is 15.5 Å². The van der Waals surface area contributed by atoms with Crippen molar-refractivity contribution in [2.45, 2.75) is 44.7 Å². The van der Waals surface area contributed by atoms with Crippen LogP contribution in [0.1, 0.15) is 38.9 Å². The van der Waals surface area contributed by atoms with Gasteiger partial charge in [0.1, 0.15) is 0 Å². The third-order valence-electron chi connectivity index (χ3n) is 4.34. The molecule has 1 aromatic heterocycles. The molecule has 0 atom stereocenters. The fraction of sp³-hybridized carbons (Fsp3) is 0.500. The lowest BCUT2D eigenvalue weighted by Crippen LogP contribution is -2.44. The van der Waals surface area contributed by atoms with E-state index < -0.39 is 5.54 Å². The molecule has 1 aromatic carbocycles. The predicted octanol–water partition coefficient (Wildman–Crippen LogP) is 1.99. The molecule has 1 aliphatic carbocycles. The molecule has 1 heterocycles. The highest BCUT2D eigenvalue weighted by Gasteiger charge is 2.39. The van der Waals surface area contributed by atoms with E-state index in [1.54, 1.807) is 18.2 Å². The molecule has 0 bridgehead atoms. The van der Waals surface area contributed by atoms with Gasteiger partial charge in [-0.25, -0.2) is 0 Å². The summed E-state index contributed by atoms with van der Waals surface area (Å²) in [7, 11) is 1.53. The molecule has 0 aliphatic heterocycles. The number of hydrogen-bond acceptors (Lipinski definition) is 7. The lowest BCUT2D eigenvalue weighted by atomic mass is 9.77. The second kappa shape index (κ2) is 7.33.